The number of nitrogens with zero attached hydrogens (tertiary/aromatic N) is 4. The molecule has 5 aromatic rings. The second-order valence-electron chi connectivity index (χ2n) is 14.3. The van der Waals surface area contributed by atoms with Crippen LogP contribution in [0, 0.1) is 5.92 Å². The van der Waals surface area contributed by atoms with Crippen LogP contribution in [-0.4, -0.2) is 17.2 Å². The van der Waals surface area contributed by atoms with E-state index in [-0.39, 0.29) is 6.04 Å². The van der Waals surface area contributed by atoms with E-state index < -0.39 is 0 Å². The van der Waals surface area contributed by atoms with Gasteiger partial charge in [-0.15, -0.1) is 11.3 Å². The van der Waals surface area contributed by atoms with Crippen LogP contribution in [0.2, 0.25) is 0 Å². The zero-order chi connectivity index (χ0) is 38.0. The minimum Gasteiger partial charge on any atom is -0.334 e. The second kappa shape index (κ2) is 18.0. The summed E-state index contributed by atoms with van der Waals surface area (Å²) in [4.78, 5) is 14.7. The van der Waals surface area contributed by atoms with Gasteiger partial charge in [0.1, 0.15) is 0 Å². The molecule has 4 nitrogen and oxygen atoms in total. The highest BCUT2D eigenvalue weighted by Crippen LogP contribution is 2.37. The van der Waals surface area contributed by atoms with Crippen LogP contribution in [0.25, 0.3) is 21.6 Å². The molecule has 0 saturated heterocycles. The van der Waals surface area contributed by atoms with Crippen molar-refractivity contribution in [2.45, 2.75) is 59.4 Å². The monoisotopic (exact) mass is 738 g/mol. The maximum atomic E-state index is 4.35. The van der Waals surface area contributed by atoms with E-state index in [9.17, 15) is 0 Å². The van der Waals surface area contributed by atoms with Crippen LogP contribution in [0.1, 0.15) is 64.5 Å². The summed E-state index contributed by atoms with van der Waals surface area (Å²) in [6.07, 6.45) is 27.9. The van der Waals surface area contributed by atoms with Crippen LogP contribution >= 0.6 is 11.3 Å². The van der Waals surface area contributed by atoms with Gasteiger partial charge in [0.25, 0.3) is 0 Å². The first-order valence-electron chi connectivity index (χ1n) is 19.4. The number of unbranched alkanes of at least 4 members (excludes halogenated alkanes) is 1. The van der Waals surface area contributed by atoms with E-state index in [1.165, 1.54) is 49.7 Å². The van der Waals surface area contributed by atoms with Crippen molar-refractivity contribution in [1.29, 1.82) is 0 Å². The highest BCUT2D eigenvalue weighted by molar-refractivity contribution is 7.13. The Bertz CT molecular complexity index is 2240. The van der Waals surface area contributed by atoms with Crippen molar-refractivity contribution in [3.8, 4) is 10.4 Å². The fourth-order valence-electron chi connectivity index (χ4n) is 7.18. The molecule has 3 aromatic carbocycles. The molecule has 0 amide bonds. The summed E-state index contributed by atoms with van der Waals surface area (Å²) in [5, 5.41) is 2.13. The number of anilines is 4. The molecule has 2 unspecified atom stereocenters. The number of thiophene rings is 1. The van der Waals surface area contributed by atoms with E-state index >= 15 is 0 Å². The van der Waals surface area contributed by atoms with Gasteiger partial charge in [-0.25, -0.2) is 0 Å². The summed E-state index contributed by atoms with van der Waals surface area (Å²) in [6, 6.07) is 35.4. The largest absolute Gasteiger partial charge is 0.334 e. The molecule has 0 saturated carbocycles. The molecule has 7 rings (SSSR count). The van der Waals surface area contributed by atoms with E-state index in [1.807, 2.05) is 24.8 Å². The average Bonchev–Trinajstić information content (AvgIpc) is 3.79. The van der Waals surface area contributed by atoms with E-state index in [0.717, 1.165) is 42.7 Å². The average molecular weight is 739 g/mol. The Kier molecular flexibility index (Phi) is 12.3. The molecule has 2 atom stereocenters. The summed E-state index contributed by atoms with van der Waals surface area (Å²) in [6.45, 7) is 8.87. The van der Waals surface area contributed by atoms with E-state index in [4.69, 9.17) is 0 Å². The first-order valence-corrected chi connectivity index (χ1v) is 20.3. The first-order chi connectivity index (χ1) is 27.0. The van der Waals surface area contributed by atoms with E-state index in [1.54, 1.807) is 11.3 Å². The Morgan fingerprint density at radius 3 is 2.02 bits per heavy atom. The Morgan fingerprint density at radius 1 is 0.745 bits per heavy atom. The minimum atomic E-state index is 0.227. The fraction of sp³-hybridized carbons (Fsp3) is 0.200. The maximum Gasteiger partial charge on any atom is 0.0589 e. The van der Waals surface area contributed by atoms with Gasteiger partial charge in [-0.05, 0) is 134 Å². The molecular formula is C50H50N4S. The lowest BCUT2D eigenvalue weighted by molar-refractivity contribution is 0.730. The normalized spacial score (nSPS) is 17.3. The van der Waals surface area contributed by atoms with Crippen molar-refractivity contribution in [1.82, 2.24) is 4.98 Å². The topological polar surface area (TPSA) is 31.7 Å². The molecule has 0 N–H and O–H groups in total. The lowest BCUT2D eigenvalue weighted by atomic mass is 9.91. The Labute approximate surface area is 331 Å². The number of allylic oxidation sites excluding steroid dienone is 9. The summed E-state index contributed by atoms with van der Waals surface area (Å²) in [5.41, 5.74) is 13.4. The smallest absolute Gasteiger partial charge is 0.0589 e. The number of benzene rings is 3. The standard InChI is InChI=1S/C50H50N4S/c1-5-6-8-37(2)40-12-20-44(21-13-40)53(48-28-32-51-33-29-48)45-22-14-41(15-23-45)38(3)10-11-39(4)42-16-24-46(25-17-42)54(49-30-34-52-35-31-49)47-26-18-43(19-27-47)50-9-7-36-55-50/h7-16,18-30,32-36,42,49H,5-6,17,31H2,1-4H3/b37-8+,38-10+,39-11+. The van der Waals surface area contributed by atoms with Crippen molar-refractivity contribution >= 4 is 51.4 Å². The van der Waals surface area contributed by atoms with Gasteiger partial charge in [0.05, 0.1) is 6.04 Å². The highest BCUT2D eigenvalue weighted by atomic mass is 32.1. The van der Waals surface area contributed by atoms with E-state index in [0.29, 0.717) is 5.92 Å². The lowest BCUT2D eigenvalue weighted by Gasteiger charge is -2.34. The Hall–Kier alpha value is -5.78. The molecular weight excluding hydrogens is 689 g/mol. The third-order valence-corrected chi connectivity index (χ3v) is 11.4. The number of hydrogen-bond acceptors (Lipinski definition) is 5. The van der Waals surface area contributed by atoms with Crippen molar-refractivity contribution in [2.24, 2.45) is 10.9 Å². The van der Waals surface area contributed by atoms with Crippen LogP contribution in [0.4, 0.5) is 22.7 Å². The van der Waals surface area contributed by atoms with Crippen LogP contribution in [-0.2, 0) is 0 Å². The Morgan fingerprint density at radius 2 is 1.42 bits per heavy atom. The predicted octanol–water partition coefficient (Wildman–Crippen LogP) is 14.2. The molecule has 0 radical (unpaired) electrons. The molecule has 276 valence electrons. The molecule has 5 heteroatoms. The van der Waals surface area contributed by atoms with Gasteiger partial charge in [-0.3, -0.25) is 9.98 Å². The summed E-state index contributed by atoms with van der Waals surface area (Å²) in [5.74, 6) is 0.355. The van der Waals surface area contributed by atoms with E-state index in [2.05, 4.69) is 192 Å². The van der Waals surface area contributed by atoms with Gasteiger partial charge < -0.3 is 9.80 Å². The molecule has 1 aliphatic carbocycles. The van der Waals surface area contributed by atoms with Gasteiger partial charge in [-0.1, -0.05) is 91.8 Å². The maximum absolute atomic E-state index is 4.35. The van der Waals surface area contributed by atoms with Crippen LogP contribution in [0.5, 0.6) is 0 Å². The van der Waals surface area contributed by atoms with Crippen molar-refractivity contribution < 1.29 is 0 Å². The van der Waals surface area contributed by atoms with Gasteiger partial charge in [0.15, 0.2) is 0 Å². The first kappa shape index (κ1) is 37.5. The zero-order valence-electron chi connectivity index (χ0n) is 32.3. The van der Waals surface area contributed by atoms with Crippen LogP contribution in [0.3, 0.4) is 0 Å². The molecule has 0 bridgehead atoms. The summed E-state index contributed by atoms with van der Waals surface area (Å²) in [7, 11) is 0. The minimum absolute atomic E-state index is 0.227. The summed E-state index contributed by atoms with van der Waals surface area (Å²) < 4.78 is 0. The van der Waals surface area contributed by atoms with Crippen LogP contribution < -0.4 is 9.80 Å². The second-order valence-corrected chi connectivity index (χ2v) is 15.2. The van der Waals surface area contributed by atoms with Gasteiger partial charge in [0.2, 0.25) is 0 Å². The SMILES string of the molecule is CCC/C=C(\C)c1ccc(N(c2ccncc2)c2ccc(/C(C)=C/C=C(\C)C3C=CC(N(c4ccc(-c5cccs5)cc4)C4C=CN=CC4)=CC3)cc2)cc1. The highest BCUT2D eigenvalue weighted by Gasteiger charge is 2.23. The summed E-state index contributed by atoms with van der Waals surface area (Å²) >= 11 is 1.78. The molecule has 2 aliphatic rings. The fourth-order valence-corrected chi connectivity index (χ4v) is 7.91. The third kappa shape index (κ3) is 9.13. The van der Waals surface area contributed by atoms with Gasteiger partial charge in [0, 0.05) is 70.5 Å². The number of pyridine rings is 1. The Balaban J connectivity index is 1.05. The predicted molar refractivity (Wildman–Crippen MR) is 238 cm³/mol. The van der Waals surface area contributed by atoms with Gasteiger partial charge in [-0.2, -0.15) is 0 Å². The zero-order valence-corrected chi connectivity index (χ0v) is 33.2. The third-order valence-electron chi connectivity index (χ3n) is 10.5. The molecule has 3 heterocycles. The van der Waals surface area contributed by atoms with Gasteiger partial charge >= 0.3 is 0 Å². The van der Waals surface area contributed by atoms with Crippen molar-refractivity contribution in [2.75, 3.05) is 9.80 Å². The van der Waals surface area contributed by atoms with Crippen molar-refractivity contribution in [3.63, 3.8) is 0 Å². The number of aromatic nitrogens is 1. The lowest BCUT2D eigenvalue weighted by Crippen LogP contribution is -2.34. The van der Waals surface area contributed by atoms with Crippen LogP contribution in [0.15, 0.2) is 180 Å². The molecule has 0 fully saturated rings. The molecule has 1 aliphatic heterocycles. The molecule has 0 spiro atoms. The quantitative estimate of drug-likeness (QED) is 0.113. The molecule has 2 aromatic heterocycles. The number of aliphatic imine (C=N–C) groups is 1. The number of rotatable bonds is 13. The number of hydrogen-bond donors (Lipinski definition) is 0. The van der Waals surface area contributed by atoms with Crippen molar-refractivity contribution in [3.05, 3.63) is 186 Å². The molecule has 55 heavy (non-hydrogen) atoms.